The molecule has 1 aromatic heterocycles. The van der Waals surface area contributed by atoms with Crippen LogP contribution in [0.5, 0.6) is 0 Å². The van der Waals surface area contributed by atoms with Crippen LogP contribution in [0.4, 0.5) is 4.79 Å². The van der Waals surface area contributed by atoms with Crippen molar-refractivity contribution in [1.82, 2.24) is 10.2 Å². The van der Waals surface area contributed by atoms with Gasteiger partial charge in [-0.1, -0.05) is 115 Å². The molecule has 2 aliphatic heterocycles. The number of thioether (sulfide) groups is 1. The second-order valence-corrected chi connectivity index (χ2v) is 14.1. The first-order valence-corrected chi connectivity index (χ1v) is 18.6. The third kappa shape index (κ3) is 8.80. The number of rotatable bonds is 12. The highest BCUT2D eigenvalue weighted by Gasteiger charge is 2.40. The molecule has 0 radical (unpaired) electrons. The fourth-order valence-electron chi connectivity index (χ4n) is 6.52. The molecule has 12 heteroatoms. The van der Waals surface area contributed by atoms with Crippen molar-refractivity contribution in [2.45, 2.75) is 62.2 Å². The number of hydrogen-bond acceptors (Lipinski definition) is 9. The van der Waals surface area contributed by atoms with Gasteiger partial charge in [0.1, 0.15) is 12.6 Å². The molecular formula is C42H39N3O8S. The van der Waals surface area contributed by atoms with Gasteiger partial charge in [0.2, 0.25) is 5.91 Å². The molecular weight excluding hydrogens is 707 g/mol. The molecule has 5 aromatic rings. The van der Waals surface area contributed by atoms with E-state index in [0.717, 1.165) is 43.7 Å². The molecule has 54 heavy (non-hydrogen) atoms. The van der Waals surface area contributed by atoms with E-state index in [0.29, 0.717) is 17.2 Å². The van der Waals surface area contributed by atoms with E-state index in [1.807, 2.05) is 109 Å². The summed E-state index contributed by atoms with van der Waals surface area (Å²) in [5, 5.41) is 25.0. The Morgan fingerprint density at radius 3 is 2.35 bits per heavy atom. The molecule has 0 saturated carbocycles. The van der Waals surface area contributed by atoms with Crippen molar-refractivity contribution in [1.29, 1.82) is 0 Å². The van der Waals surface area contributed by atoms with E-state index >= 15 is 0 Å². The Labute approximate surface area is 317 Å². The summed E-state index contributed by atoms with van der Waals surface area (Å²) in [6.07, 6.45) is -0.0443. The van der Waals surface area contributed by atoms with Crippen molar-refractivity contribution in [3.05, 3.63) is 161 Å². The molecule has 4 atom stereocenters. The van der Waals surface area contributed by atoms with Gasteiger partial charge in [-0.05, 0) is 39.4 Å². The number of benzene rings is 4. The number of likely N-dealkylation sites (tertiary alicyclic amines) is 1. The number of alkyl carbamates (subject to hydrolysis) is 1. The van der Waals surface area contributed by atoms with Crippen LogP contribution in [0, 0.1) is 5.21 Å². The van der Waals surface area contributed by atoms with E-state index in [9.17, 15) is 24.7 Å². The summed E-state index contributed by atoms with van der Waals surface area (Å²) >= 11 is 1.43. The lowest BCUT2D eigenvalue weighted by atomic mass is 9.97. The first-order valence-electron chi connectivity index (χ1n) is 17.7. The normalized spacial score (nSPS) is 19.8. The van der Waals surface area contributed by atoms with E-state index < -0.39 is 24.3 Å². The molecule has 2 saturated heterocycles. The number of hydrogen-bond donors (Lipinski definition) is 2. The average Bonchev–Trinajstić information content (AvgIpc) is 3.47. The Morgan fingerprint density at radius 1 is 0.870 bits per heavy atom. The molecule has 2 fully saturated rings. The van der Waals surface area contributed by atoms with E-state index in [2.05, 4.69) is 5.32 Å². The van der Waals surface area contributed by atoms with Gasteiger partial charge < -0.3 is 29.8 Å². The third-order valence-electron chi connectivity index (χ3n) is 9.41. The zero-order valence-electron chi connectivity index (χ0n) is 29.3. The van der Waals surface area contributed by atoms with Crippen molar-refractivity contribution >= 4 is 29.7 Å². The van der Waals surface area contributed by atoms with Crippen LogP contribution in [-0.2, 0) is 43.6 Å². The summed E-state index contributed by atoms with van der Waals surface area (Å²) in [5.74, 6) is -0.322. The average molecular weight is 746 g/mol. The van der Waals surface area contributed by atoms with Gasteiger partial charge >= 0.3 is 6.09 Å². The number of nitrogens with zero attached hydrogens (tertiary/aromatic N) is 2. The van der Waals surface area contributed by atoms with Crippen molar-refractivity contribution < 1.29 is 38.4 Å². The summed E-state index contributed by atoms with van der Waals surface area (Å²) < 4.78 is 19.1. The largest absolute Gasteiger partial charge is 0.618 e. The Bertz CT molecular complexity index is 2080. The fraction of sp³-hybridized carbons (Fsp3) is 0.238. The quantitative estimate of drug-likeness (QED) is 0.0645. The SMILES string of the molecule is O=C(NC1CC(=O)N(Cc2ccccc2-c2ccc([C@@H]3O[C@H](CSc4cccc[n+]4[O-])C[C@H](c4ccc(CO)cc4)O3)cc2)C1=O)OCc1ccccc1. The molecule has 3 heterocycles. The van der Waals surface area contributed by atoms with Gasteiger partial charge in [0.05, 0.1) is 31.8 Å². The maximum absolute atomic E-state index is 13.3. The van der Waals surface area contributed by atoms with Crippen LogP contribution in [0.25, 0.3) is 11.1 Å². The topological polar surface area (TPSA) is 141 Å². The standard InChI is InChI=1S/C42H39N3O8S/c46-25-28-13-15-31(16-14-28)37-22-34(27-54-39-12-6-7-21-45(39)50)52-41(53-37)32-19-17-30(18-20-32)35-11-5-4-10-33(35)24-44-38(47)23-36(40(44)48)43-42(49)51-26-29-8-2-1-3-9-29/h1-21,34,36-37,41,46H,22-27H2,(H,43,49)/t34-,36?,37+,41+/m0/s1. The maximum Gasteiger partial charge on any atom is 0.408 e. The number of aliphatic hydroxyl groups excluding tert-OH is 1. The van der Waals surface area contributed by atoms with E-state index in [-0.39, 0.29) is 44.3 Å². The molecule has 3 amide bonds. The van der Waals surface area contributed by atoms with Crippen LogP contribution in [-0.4, -0.2) is 45.8 Å². The number of imide groups is 1. The lowest BCUT2D eigenvalue weighted by Gasteiger charge is -2.36. The van der Waals surface area contributed by atoms with Crippen LogP contribution in [0.1, 0.15) is 53.1 Å². The molecule has 2 N–H and O–H groups in total. The Hall–Kier alpha value is -5.53. The molecule has 4 aromatic carbocycles. The van der Waals surface area contributed by atoms with Crippen molar-refractivity contribution in [2.24, 2.45) is 0 Å². The molecule has 1 unspecified atom stereocenters. The molecule has 0 aliphatic carbocycles. The summed E-state index contributed by atoms with van der Waals surface area (Å²) in [5.41, 5.74) is 5.87. The minimum Gasteiger partial charge on any atom is -0.618 e. The number of aromatic nitrogens is 1. The summed E-state index contributed by atoms with van der Waals surface area (Å²) in [7, 11) is 0. The lowest BCUT2D eigenvalue weighted by Crippen LogP contribution is -2.41. The van der Waals surface area contributed by atoms with E-state index in [1.165, 1.54) is 22.9 Å². The molecule has 7 rings (SSSR count). The van der Waals surface area contributed by atoms with Crippen LogP contribution in [0.15, 0.2) is 133 Å². The smallest absolute Gasteiger partial charge is 0.408 e. The predicted molar refractivity (Wildman–Crippen MR) is 200 cm³/mol. The molecule has 0 bridgehead atoms. The van der Waals surface area contributed by atoms with Gasteiger partial charge in [-0.15, -0.1) is 0 Å². The van der Waals surface area contributed by atoms with Crippen molar-refractivity contribution in [3.63, 3.8) is 0 Å². The summed E-state index contributed by atoms with van der Waals surface area (Å²) in [6.45, 7) is 0.0438. The monoisotopic (exact) mass is 745 g/mol. The number of amides is 3. The number of pyridine rings is 1. The highest BCUT2D eigenvalue weighted by Crippen LogP contribution is 2.40. The second kappa shape index (κ2) is 17.1. The van der Waals surface area contributed by atoms with Gasteiger partial charge in [0.25, 0.3) is 10.9 Å². The molecule has 2 aliphatic rings. The van der Waals surface area contributed by atoms with Gasteiger partial charge in [0.15, 0.2) is 12.5 Å². The Kier molecular flexibility index (Phi) is 11.6. The third-order valence-corrected chi connectivity index (χ3v) is 10.6. The number of aliphatic hydroxyl groups is 1. The van der Waals surface area contributed by atoms with Crippen LogP contribution >= 0.6 is 11.8 Å². The van der Waals surface area contributed by atoms with Gasteiger partial charge in [-0.25, -0.2) is 4.79 Å². The summed E-state index contributed by atoms with van der Waals surface area (Å²) in [4.78, 5) is 39.9. The zero-order valence-corrected chi connectivity index (χ0v) is 30.1. The van der Waals surface area contributed by atoms with Crippen molar-refractivity contribution in [2.75, 3.05) is 5.75 Å². The van der Waals surface area contributed by atoms with Gasteiger partial charge in [0, 0.05) is 29.9 Å². The Balaban J connectivity index is 1.03. The summed E-state index contributed by atoms with van der Waals surface area (Å²) in [6, 6.07) is 36.5. The van der Waals surface area contributed by atoms with Crippen LogP contribution in [0.2, 0.25) is 0 Å². The van der Waals surface area contributed by atoms with E-state index in [4.69, 9.17) is 14.2 Å². The first kappa shape index (κ1) is 36.8. The number of carbonyl (C=O) groups excluding carboxylic acids is 3. The first-order chi connectivity index (χ1) is 26.3. The number of nitrogens with one attached hydrogen (secondary N) is 1. The minimum atomic E-state index is -1.00. The second-order valence-electron chi connectivity index (χ2n) is 13.1. The van der Waals surface area contributed by atoms with Crippen LogP contribution < -0.4 is 10.0 Å². The van der Waals surface area contributed by atoms with E-state index in [1.54, 1.807) is 12.1 Å². The van der Waals surface area contributed by atoms with Crippen molar-refractivity contribution in [3.8, 4) is 11.1 Å². The molecule has 0 spiro atoms. The Morgan fingerprint density at radius 2 is 1.59 bits per heavy atom. The lowest BCUT2D eigenvalue weighted by molar-refractivity contribution is -0.645. The van der Waals surface area contributed by atoms with Crippen LogP contribution in [0.3, 0.4) is 0 Å². The highest BCUT2D eigenvalue weighted by atomic mass is 32.2. The zero-order chi connectivity index (χ0) is 37.4. The maximum atomic E-state index is 13.3. The number of carbonyl (C=O) groups is 3. The predicted octanol–water partition coefficient (Wildman–Crippen LogP) is 6.37. The fourth-order valence-corrected chi connectivity index (χ4v) is 7.46. The minimum absolute atomic E-state index is 0.0442. The number of ether oxygens (including phenoxy) is 3. The van der Waals surface area contributed by atoms with Gasteiger partial charge in [-0.3, -0.25) is 14.5 Å². The van der Waals surface area contributed by atoms with Gasteiger partial charge in [-0.2, -0.15) is 4.73 Å². The molecule has 276 valence electrons. The molecule has 11 nitrogen and oxygen atoms in total. The highest BCUT2D eigenvalue weighted by molar-refractivity contribution is 7.99.